The van der Waals surface area contributed by atoms with Gasteiger partial charge in [0.05, 0.1) is 5.92 Å². The highest BCUT2D eigenvalue weighted by molar-refractivity contribution is 5.79. The maximum absolute atomic E-state index is 13.6. The van der Waals surface area contributed by atoms with E-state index >= 15 is 0 Å². The number of carboxylic acid groups (broad SMARTS) is 1. The lowest BCUT2D eigenvalue weighted by atomic mass is 10.0. The number of aliphatic carboxylic acids is 1. The van der Waals surface area contributed by atoms with Crippen molar-refractivity contribution in [3.05, 3.63) is 35.5 Å². The van der Waals surface area contributed by atoms with Crippen LogP contribution in [0.15, 0.2) is 22.7 Å². The number of aromatic nitrogens is 2. The molecule has 1 aliphatic rings. The summed E-state index contributed by atoms with van der Waals surface area (Å²) in [6, 6.07) is 4.36. The van der Waals surface area contributed by atoms with Gasteiger partial charge in [0.2, 0.25) is 17.6 Å². The minimum Gasteiger partial charge on any atom is -0.481 e. The van der Waals surface area contributed by atoms with E-state index in [9.17, 15) is 14.0 Å². The lowest BCUT2D eigenvalue weighted by Gasteiger charge is -2.23. The smallest absolute Gasteiger partial charge is 0.308 e. The number of hydrogen-bond acceptors (Lipinski definition) is 5. The van der Waals surface area contributed by atoms with Crippen molar-refractivity contribution in [1.29, 1.82) is 0 Å². The summed E-state index contributed by atoms with van der Waals surface area (Å²) >= 11 is 0. The van der Waals surface area contributed by atoms with Gasteiger partial charge in [-0.3, -0.25) is 9.59 Å². The molecule has 2 atom stereocenters. The van der Waals surface area contributed by atoms with Gasteiger partial charge in [0, 0.05) is 31.0 Å². The number of benzene rings is 1. The summed E-state index contributed by atoms with van der Waals surface area (Å²) in [4.78, 5) is 29.3. The lowest BCUT2D eigenvalue weighted by Crippen LogP contribution is -2.37. The van der Waals surface area contributed by atoms with E-state index in [-0.39, 0.29) is 42.3 Å². The standard InChI is InChI=1S/C18H20FN3O4/c1-10-3-4-12(9-14(10)19)17-20-15(26-21-17)5-6-16(23)22-8-7-13(11(22)2)18(24)25/h3-4,9,11,13H,5-8H2,1-2H3,(H,24,25). The van der Waals surface area contributed by atoms with Crippen LogP contribution < -0.4 is 0 Å². The molecule has 138 valence electrons. The molecule has 1 aromatic heterocycles. The molecule has 0 bridgehead atoms. The van der Waals surface area contributed by atoms with Gasteiger partial charge in [-0.05, 0) is 31.9 Å². The van der Waals surface area contributed by atoms with E-state index in [0.29, 0.717) is 24.1 Å². The molecule has 3 rings (SSSR count). The van der Waals surface area contributed by atoms with Crippen LogP contribution >= 0.6 is 0 Å². The first-order valence-electron chi connectivity index (χ1n) is 8.48. The highest BCUT2D eigenvalue weighted by atomic mass is 19.1. The number of rotatable bonds is 5. The predicted molar refractivity (Wildman–Crippen MR) is 89.7 cm³/mol. The van der Waals surface area contributed by atoms with Gasteiger partial charge in [-0.1, -0.05) is 17.3 Å². The van der Waals surface area contributed by atoms with Gasteiger partial charge in [-0.2, -0.15) is 4.98 Å². The number of aryl methyl sites for hydroxylation is 2. The Kier molecular flexibility index (Phi) is 5.01. The number of halogens is 1. The minimum atomic E-state index is -0.875. The molecule has 2 unspecified atom stereocenters. The first kappa shape index (κ1) is 18.0. The fraction of sp³-hybridized carbons (Fsp3) is 0.444. The van der Waals surface area contributed by atoms with Gasteiger partial charge in [-0.15, -0.1) is 0 Å². The molecule has 0 radical (unpaired) electrons. The summed E-state index contributed by atoms with van der Waals surface area (Å²) in [5.41, 5.74) is 1.04. The Hall–Kier alpha value is -2.77. The van der Waals surface area contributed by atoms with E-state index < -0.39 is 11.9 Å². The Morgan fingerprint density at radius 3 is 2.85 bits per heavy atom. The zero-order valence-corrected chi connectivity index (χ0v) is 14.6. The van der Waals surface area contributed by atoms with E-state index in [1.165, 1.54) is 6.07 Å². The Morgan fingerprint density at radius 2 is 2.19 bits per heavy atom. The van der Waals surface area contributed by atoms with Crippen LogP contribution in [0.4, 0.5) is 4.39 Å². The van der Waals surface area contributed by atoms with Gasteiger partial charge in [0.15, 0.2) is 0 Å². The normalized spacial score (nSPS) is 19.7. The van der Waals surface area contributed by atoms with Crippen molar-refractivity contribution < 1.29 is 23.6 Å². The van der Waals surface area contributed by atoms with E-state index in [1.807, 2.05) is 0 Å². The maximum Gasteiger partial charge on any atom is 0.308 e. The third-order valence-electron chi connectivity index (χ3n) is 4.84. The second kappa shape index (κ2) is 7.23. The summed E-state index contributed by atoms with van der Waals surface area (Å²) in [6.45, 7) is 3.86. The number of carbonyl (C=O) groups excluding carboxylic acids is 1. The van der Waals surface area contributed by atoms with Crippen LogP contribution in [-0.2, 0) is 16.0 Å². The van der Waals surface area contributed by atoms with E-state index in [1.54, 1.807) is 30.9 Å². The highest BCUT2D eigenvalue weighted by Crippen LogP contribution is 2.25. The Labute approximate surface area is 149 Å². The molecule has 7 nitrogen and oxygen atoms in total. The van der Waals surface area contributed by atoms with Crippen LogP contribution in [0.25, 0.3) is 11.4 Å². The second-order valence-electron chi connectivity index (χ2n) is 6.54. The maximum atomic E-state index is 13.6. The SMILES string of the molecule is Cc1ccc(-c2noc(CCC(=O)N3CCC(C(=O)O)C3C)n2)cc1F. The predicted octanol–water partition coefficient (Wildman–Crippen LogP) is 2.44. The topological polar surface area (TPSA) is 96.5 Å². The van der Waals surface area contributed by atoms with Crippen molar-refractivity contribution in [2.45, 2.75) is 39.2 Å². The summed E-state index contributed by atoms with van der Waals surface area (Å²) in [6.07, 6.45) is 0.869. The molecular formula is C18H20FN3O4. The van der Waals surface area contributed by atoms with Crippen LogP contribution in [0.5, 0.6) is 0 Å². The molecule has 8 heteroatoms. The number of amides is 1. The van der Waals surface area contributed by atoms with Gasteiger partial charge in [0.25, 0.3) is 0 Å². The molecule has 0 aliphatic carbocycles. The first-order chi connectivity index (χ1) is 12.4. The van der Waals surface area contributed by atoms with E-state index in [0.717, 1.165) is 0 Å². The molecular weight excluding hydrogens is 341 g/mol. The number of nitrogens with zero attached hydrogens (tertiary/aromatic N) is 3. The fourth-order valence-electron chi connectivity index (χ4n) is 3.18. The monoisotopic (exact) mass is 361 g/mol. The minimum absolute atomic E-state index is 0.137. The number of carbonyl (C=O) groups is 2. The molecule has 1 amide bonds. The zero-order chi connectivity index (χ0) is 18.8. The van der Waals surface area contributed by atoms with Crippen LogP contribution in [0.2, 0.25) is 0 Å². The van der Waals surface area contributed by atoms with Crippen LogP contribution in [0, 0.1) is 18.7 Å². The molecule has 0 saturated carbocycles. The third-order valence-corrected chi connectivity index (χ3v) is 4.84. The van der Waals surface area contributed by atoms with Crippen LogP contribution in [0.1, 0.15) is 31.2 Å². The van der Waals surface area contributed by atoms with Crippen LogP contribution in [-0.4, -0.2) is 44.6 Å². The molecule has 26 heavy (non-hydrogen) atoms. The molecule has 0 spiro atoms. The van der Waals surface area contributed by atoms with Gasteiger partial charge < -0.3 is 14.5 Å². The van der Waals surface area contributed by atoms with Crippen molar-refractivity contribution in [2.75, 3.05) is 6.54 Å². The summed E-state index contributed by atoms with van der Waals surface area (Å²) in [5.74, 6) is -1.32. The highest BCUT2D eigenvalue weighted by Gasteiger charge is 2.37. The molecule has 1 N–H and O–H groups in total. The van der Waals surface area contributed by atoms with Crippen molar-refractivity contribution >= 4 is 11.9 Å². The average molecular weight is 361 g/mol. The van der Waals surface area contributed by atoms with Crippen LogP contribution in [0.3, 0.4) is 0 Å². The average Bonchev–Trinajstić information content (AvgIpc) is 3.22. The first-order valence-corrected chi connectivity index (χ1v) is 8.48. The largest absolute Gasteiger partial charge is 0.481 e. The summed E-state index contributed by atoms with van der Waals surface area (Å²) in [5, 5.41) is 13.0. The Bertz CT molecular complexity index is 836. The fourth-order valence-corrected chi connectivity index (χ4v) is 3.18. The Balaban J connectivity index is 1.60. The molecule has 1 aliphatic heterocycles. The van der Waals surface area contributed by atoms with Gasteiger partial charge in [0.1, 0.15) is 5.82 Å². The zero-order valence-electron chi connectivity index (χ0n) is 14.6. The summed E-state index contributed by atoms with van der Waals surface area (Å²) in [7, 11) is 0. The second-order valence-corrected chi connectivity index (χ2v) is 6.54. The molecule has 1 aromatic carbocycles. The lowest BCUT2D eigenvalue weighted by molar-refractivity contribution is -0.143. The number of likely N-dealkylation sites (tertiary alicyclic amines) is 1. The quantitative estimate of drug-likeness (QED) is 0.879. The molecule has 2 aromatic rings. The van der Waals surface area contributed by atoms with Gasteiger partial charge >= 0.3 is 5.97 Å². The number of hydrogen-bond donors (Lipinski definition) is 1. The molecule has 1 saturated heterocycles. The van der Waals surface area contributed by atoms with Crippen molar-refractivity contribution in [2.24, 2.45) is 5.92 Å². The number of carboxylic acids is 1. The van der Waals surface area contributed by atoms with Gasteiger partial charge in [-0.25, -0.2) is 4.39 Å². The molecule has 2 heterocycles. The Morgan fingerprint density at radius 1 is 1.42 bits per heavy atom. The molecule has 1 fully saturated rings. The third kappa shape index (κ3) is 3.58. The van der Waals surface area contributed by atoms with Crippen molar-refractivity contribution in [3.8, 4) is 11.4 Å². The van der Waals surface area contributed by atoms with E-state index in [2.05, 4.69) is 10.1 Å². The summed E-state index contributed by atoms with van der Waals surface area (Å²) < 4.78 is 18.8. The van der Waals surface area contributed by atoms with E-state index in [4.69, 9.17) is 9.63 Å². The van der Waals surface area contributed by atoms with Crippen molar-refractivity contribution in [1.82, 2.24) is 15.0 Å². The van der Waals surface area contributed by atoms with Crippen molar-refractivity contribution in [3.63, 3.8) is 0 Å².